The number of rotatable bonds is 7. The van der Waals surface area contributed by atoms with Gasteiger partial charge in [-0.3, -0.25) is 9.59 Å². The fourth-order valence-corrected chi connectivity index (χ4v) is 10.5. The number of ether oxygens (including phenoxy) is 2. The Bertz CT molecular complexity index is 1690. The van der Waals surface area contributed by atoms with Crippen molar-refractivity contribution < 1.29 is 38.1 Å². The summed E-state index contributed by atoms with van der Waals surface area (Å²) in [6, 6.07) is 13.5. The number of nitrogens with one attached hydrogen (secondary N) is 1. The van der Waals surface area contributed by atoms with Crippen molar-refractivity contribution in [2.75, 3.05) is 19.0 Å². The maximum atomic E-state index is 17.6. The van der Waals surface area contributed by atoms with Crippen LogP contribution in [-0.2, 0) is 24.8 Å². The summed E-state index contributed by atoms with van der Waals surface area (Å²) < 4.78 is 46.4. The number of alkyl halides is 2. The Kier molecular flexibility index (Phi) is 8.05. The maximum absolute atomic E-state index is 17.6. The van der Waals surface area contributed by atoms with Gasteiger partial charge in [-0.2, -0.15) is 0 Å². The number of anilines is 1. The van der Waals surface area contributed by atoms with Crippen molar-refractivity contribution in [3.8, 4) is 0 Å². The Morgan fingerprint density at radius 2 is 1.89 bits per heavy atom. The smallest absolute Gasteiger partial charge is 0.193 e. The van der Waals surface area contributed by atoms with Crippen LogP contribution in [0.2, 0.25) is 5.02 Å². The molecule has 5 aliphatic rings. The van der Waals surface area contributed by atoms with Gasteiger partial charge in [0.1, 0.15) is 12.8 Å². The van der Waals surface area contributed by atoms with Crippen LogP contribution >= 0.6 is 23.4 Å². The van der Waals surface area contributed by atoms with Gasteiger partial charge in [0.15, 0.2) is 29.1 Å². The third-order valence-electron chi connectivity index (χ3n) is 11.8. The predicted octanol–water partition coefficient (Wildman–Crippen LogP) is 6.32. The van der Waals surface area contributed by atoms with Gasteiger partial charge in [-0.1, -0.05) is 48.9 Å². The van der Waals surface area contributed by atoms with Gasteiger partial charge >= 0.3 is 0 Å². The second-order valence-corrected chi connectivity index (χ2v) is 15.4. The third-order valence-corrected chi connectivity index (χ3v) is 13.2. The van der Waals surface area contributed by atoms with E-state index in [1.807, 2.05) is 49.5 Å². The van der Waals surface area contributed by atoms with Crippen molar-refractivity contribution in [2.45, 2.75) is 79.7 Å². The van der Waals surface area contributed by atoms with Crippen LogP contribution in [0.3, 0.4) is 0 Å². The number of benzene rings is 2. The molecule has 1 unspecified atom stereocenters. The number of hydrogen-bond acceptors (Lipinski definition) is 8. The van der Waals surface area contributed by atoms with Gasteiger partial charge in [0.05, 0.1) is 22.9 Å². The lowest BCUT2D eigenvalue weighted by Crippen LogP contribution is -2.70. The highest BCUT2D eigenvalue weighted by Crippen LogP contribution is 2.72. The number of aliphatic hydroxyl groups excluding tert-OH is 2. The summed E-state index contributed by atoms with van der Waals surface area (Å²) >= 11 is 7.87. The number of fused-ring (bicyclic) bond motifs is 7. The number of carbonyl (C=O) groups is 2. The first-order valence-corrected chi connectivity index (χ1v) is 17.3. The molecule has 2 aromatic carbocycles. The van der Waals surface area contributed by atoms with E-state index in [1.165, 1.54) is 19.1 Å². The molecule has 0 bridgehead atoms. The molecule has 0 radical (unpaired) electrons. The molecule has 47 heavy (non-hydrogen) atoms. The number of halogens is 3. The molecule has 3 N–H and O–H groups in total. The van der Waals surface area contributed by atoms with Crippen LogP contribution in [0.1, 0.15) is 50.5 Å². The molecule has 2 aromatic rings. The topological polar surface area (TPSA) is 105 Å². The number of thioether (sulfide) groups is 1. The highest BCUT2D eigenvalue weighted by atomic mass is 35.5. The molecule has 250 valence electrons. The minimum atomic E-state index is -2.29. The van der Waals surface area contributed by atoms with Gasteiger partial charge in [-0.05, 0) is 73.6 Å². The third kappa shape index (κ3) is 4.58. The van der Waals surface area contributed by atoms with E-state index in [2.05, 4.69) is 5.32 Å². The largest absolute Gasteiger partial charge is 0.390 e. The van der Waals surface area contributed by atoms with Crippen LogP contribution < -0.4 is 5.32 Å². The SMILES string of the molecule is CNc1cc(SCc2ccc([C@@H]3O[C@@H]4CC5[C@@H]6C[C@H](F)C7=CC(=O)C=C[C@]7(C)[C@@]6(F)[C@@H](O)C[C@]5(C)[C@]4(C(=O)CO)O3)cc2)ccc1Cl. The Labute approximate surface area is 281 Å². The lowest BCUT2D eigenvalue weighted by molar-refractivity contribution is -0.235. The number of ketones is 2. The summed E-state index contributed by atoms with van der Waals surface area (Å²) in [5.41, 5.74) is -4.05. The van der Waals surface area contributed by atoms with Gasteiger partial charge in [-0.15, -0.1) is 11.8 Å². The van der Waals surface area contributed by atoms with Gasteiger partial charge in [-0.25, -0.2) is 8.78 Å². The second kappa shape index (κ2) is 11.5. The summed E-state index contributed by atoms with van der Waals surface area (Å²) in [5, 5.41) is 25.6. The van der Waals surface area contributed by atoms with E-state index in [4.69, 9.17) is 21.1 Å². The van der Waals surface area contributed by atoms with Crippen LogP contribution in [0.15, 0.2) is 71.2 Å². The normalized spacial score (nSPS) is 40.3. The Morgan fingerprint density at radius 3 is 2.60 bits per heavy atom. The molecular weight excluding hydrogens is 648 g/mol. The molecule has 7 rings (SSSR count). The van der Waals surface area contributed by atoms with Crippen molar-refractivity contribution in [2.24, 2.45) is 22.7 Å². The lowest BCUT2D eigenvalue weighted by atomic mass is 9.44. The Morgan fingerprint density at radius 1 is 1.15 bits per heavy atom. The first kappa shape index (κ1) is 32.9. The van der Waals surface area contributed by atoms with E-state index in [-0.39, 0.29) is 24.8 Å². The molecule has 10 atom stereocenters. The van der Waals surface area contributed by atoms with Crippen LogP contribution in [0, 0.1) is 22.7 Å². The summed E-state index contributed by atoms with van der Waals surface area (Å²) in [6.07, 6.45) is -1.42. The van der Waals surface area contributed by atoms with Crippen LogP contribution in [0.5, 0.6) is 0 Å². The van der Waals surface area contributed by atoms with E-state index >= 15 is 8.78 Å². The molecule has 4 fully saturated rings. The van der Waals surface area contributed by atoms with Crippen LogP contribution in [0.4, 0.5) is 14.5 Å². The lowest BCUT2D eigenvalue weighted by Gasteiger charge is -2.63. The monoisotopic (exact) mass is 685 g/mol. The standard InChI is InChI=1S/C36H38ClF2NO6S/c1-33-11-10-21(42)12-25(33)27(38)14-24-23-15-31-36(30(44)17-41,34(23,2)16-29(43)35(24,33)39)46-32(45-31)20-6-4-19(5-7-20)18-47-22-8-9-26(37)28(13-22)40-3/h4-13,23-24,27,29,31-32,40-41,43H,14-18H2,1-3H3/t23?,24-,27-,29-,31+,32+,33-,34-,35-,36+/m0/s1. The molecule has 3 saturated carbocycles. The minimum Gasteiger partial charge on any atom is -0.390 e. The number of carbonyl (C=O) groups excluding carboxylic acids is 2. The zero-order valence-electron chi connectivity index (χ0n) is 26.3. The van der Waals surface area contributed by atoms with E-state index in [1.54, 1.807) is 18.7 Å². The molecule has 1 heterocycles. The minimum absolute atomic E-state index is 0.0380. The van der Waals surface area contributed by atoms with E-state index in [0.717, 1.165) is 22.2 Å². The van der Waals surface area contributed by atoms with E-state index < -0.39 is 76.8 Å². The molecule has 1 saturated heterocycles. The van der Waals surface area contributed by atoms with Crippen molar-refractivity contribution in [1.29, 1.82) is 0 Å². The first-order chi connectivity index (χ1) is 22.3. The zero-order valence-corrected chi connectivity index (χ0v) is 27.9. The van der Waals surface area contributed by atoms with Crippen LogP contribution in [0.25, 0.3) is 0 Å². The van der Waals surface area contributed by atoms with Crippen molar-refractivity contribution in [3.05, 3.63) is 82.4 Å². The summed E-state index contributed by atoms with van der Waals surface area (Å²) in [4.78, 5) is 27.0. The van der Waals surface area contributed by atoms with Gasteiger partial charge in [0.25, 0.3) is 0 Å². The summed E-state index contributed by atoms with van der Waals surface area (Å²) in [5.74, 6) is -1.91. The number of Topliss-reactive ketones (excluding diaryl/α,β-unsaturated/α-hetero) is 1. The Hall–Kier alpha value is -2.60. The van der Waals surface area contributed by atoms with Gasteiger partial charge in [0.2, 0.25) is 0 Å². The highest BCUT2D eigenvalue weighted by Gasteiger charge is 2.80. The molecule has 1 aliphatic heterocycles. The Balaban J connectivity index is 1.15. The van der Waals surface area contributed by atoms with Gasteiger partial charge in [0, 0.05) is 40.0 Å². The molecule has 0 aromatic heterocycles. The second-order valence-electron chi connectivity index (χ2n) is 13.9. The first-order valence-electron chi connectivity index (χ1n) is 15.9. The van der Waals surface area contributed by atoms with E-state index in [0.29, 0.717) is 16.3 Å². The number of aliphatic hydroxyl groups is 2. The summed E-state index contributed by atoms with van der Waals surface area (Å²) in [6.45, 7) is 2.49. The fourth-order valence-electron chi connectivity index (χ4n) is 9.44. The van der Waals surface area contributed by atoms with Crippen molar-refractivity contribution in [1.82, 2.24) is 0 Å². The van der Waals surface area contributed by atoms with Gasteiger partial charge < -0.3 is 25.0 Å². The predicted molar refractivity (Wildman–Crippen MR) is 175 cm³/mol. The molecule has 0 spiro atoms. The molecule has 0 amide bonds. The van der Waals surface area contributed by atoms with Crippen molar-refractivity contribution >= 4 is 40.6 Å². The zero-order chi connectivity index (χ0) is 33.5. The highest BCUT2D eigenvalue weighted by molar-refractivity contribution is 7.98. The average molecular weight is 686 g/mol. The maximum Gasteiger partial charge on any atom is 0.193 e. The van der Waals surface area contributed by atoms with Crippen molar-refractivity contribution in [3.63, 3.8) is 0 Å². The molecular formula is C36H38ClF2NO6S. The molecule has 7 nitrogen and oxygen atoms in total. The quantitative estimate of drug-likeness (QED) is 0.291. The average Bonchev–Trinajstić information content (AvgIpc) is 3.56. The fraction of sp³-hybridized carbons (Fsp3) is 0.500. The number of allylic oxidation sites excluding steroid dienone is 4. The summed E-state index contributed by atoms with van der Waals surface area (Å²) in [7, 11) is 1.82. The molecule has 11 heteroatoms. The van der Waals surface area contributed by atoms with Crippen LogP contribution in [-0.4, -0.2) is 65.1 Å². The van der Waals surface area contributed by atoms with E-state index in [9.17, 15) is 19.8 Å². The molecule has 4 aliphatic carbocycles. The number of hydrogen-bond donors (Lipinski definition) is 3.